The summed E-state index contributed by atoms with van der Waals surface area (Å²) in [7, 11) is 0. The molecule has 0 aromatic rings. The Bertz CT molecular complexity index is 92.4. The van der Waals surface area contributed by atoms with Gasteiger partial charge in [0.15, 0.2) is 0 Å². The standard InChI is InChI=1S/C5H11NOS/c1-3(4(2)8)5(6)7/h3-4,8H,1-2H3,(H2,6,7). The zero-order chi connectivity index (χ0) is 6.73. The Labute approximate surface area is 54.9 Å². The molecule has 0 heterocycles. The molecule has 0 saturated heterocycles. The van der Waals surface area contributed by atoms with Crippen LogP contribution in [-0.2, 0) is 4.79 Å². The molecule has 1 amide bonds. The topological polar surface area (TPSA) is 43.1 Å². The first-order chi connectivity index (χ1) is 3.55. The molecule has 0 aliphatic heterocycles. The fourth-order valence-electron chi connectivity index (χ4n) is 0.238. The number of carbonyl (C=O) groups is 1. The van der Waals surface area contributed by atoms with Crippen molar-refractivity contribution < 1.29 is 4.79 Å². The number of hydrogen-bond donors (Lipinski definition) is 2. The Morgan fingerprint density at radius 2 is 2.00 bits per heavy atom. The number of primary amides is 1. The van der Waals surface area contributed by atoms with Gasteiger partial charge in [-0.05, 0) is 0 Å². The summed E-state index contributed by atoms with van der Waals surface area (Å²) >= 11 is 4.03. The first-order valence-corrected chi connectivity index (χ1v) is 3.04. The van der Waals surface area contributed by atoms with Crippen molar-refractivity contribution in [2.24, 2.45) is 11.7 Å². The zero-order valence-electron chi connectivity index (χ0n) is 5.09. The molecule has 0 aliphatic carbocycles. The minimum Gasteiger partial charge on any atom is -0.369 e. The second-order valence-corrected chi connectivity index (χ2v) is 2.75. The van der Waals surface area contributed by atoms with Crippen molar-refractivity contribution >= 4 is 18.5 Å². The zero-order valence-corrected chi connectivity index (χ0v) is 5.98. The molecule has 2 N–H and O–H groups in total. The van der Waals surface area contributed by atoms with Gasteiger partial charge in [-0.1, -0.05) is 13.8 Å². The number of hydrogen-bond acceptors (Lipinski definition) is 2. The van der Waals surface area contributed by atoms with Crippen LogP contribution in [0.2, 0.25) is 0 Å². The molecular formula is C5H11NOS. The molecule has 3 heteroatoms. The maximum atomic E-state index is 10.3. The van der Waals surface area contributed by atoms with Gasteiger partial charge in [0.25, 0.3) is 0 Å². The molecule has 0 aromatic carbocycles. The summed E-state index contributed by atoms with van der Waals surface area (Å²) in [5.41, 5.74) is 4.95. The van der Waals surface area contributed by atoms with E-state index in [0.29, 0.717) is 0 Å². The van der Waals surface area contributed by atoms with E-state index in [2.05, 4.69) is 12.6 Å². The van der Waals surface area contributed by atoms with Crippen LogP contribution in [0.15, 0.2) is 0 Å². The fourth-order valence-corrected chi connectivity index (χ4v) is 0.385. The van der Waals surface area contributed by atoms with Crippen molar-refractivity contribution in [3.05, 3.63) is 0 Å². The fraction of sp³-hybridized carbons (Fsp3) is 0.800. The van der Waals surface area contributed by atoms with Gasteiger partial charge in [-0.2, -0.15) is 12.6 Å². The Morgan fingerprint density at radius 1 is 1.62 bits per heavy atom. The van der Waals surface area contributed by atoms with E-state index in [0.717, 1.165) is 0 Å². The molecule has 0 bridgehead atoms. The number of amides is 1. The summed E-state index contributed by atoms with van der Waals surface area (Å²) < 4.78 is 0. The average Bonchev–Trinajstić information content (AvgIpc) is 1.64. The first-order valence-electron chi connectivity index (χ1n) is 2.53. The maximum Gasteiger partial charge on any atom is 0.221 e. The van der Waals surface area contributed by atoms with Crippen LogP contribution in [0.5, 0.6) is 0 Å². The summed E-state index contributed by atoms with van der Waals surface area (Å²) in [5.74, 6) is -0.411. The molecule has 0 fully saturated rings. The quantitative estimate of drug-likeness (QED) is 0.527. The lowest BCUT2D eigenvalue weighted by molar-refractivity contribution is -0.121. The lowest BCUT2D eigenvalue weighted by Gasteiger charge is -2.08. The predicted octanol–water partition coefficient (Wildman–Crippen LogP) is 0.426. The Morgan fingerprint density at radius 3 is 2.00 bits per heavy atom. The van der Waals surface area contributed by atoms with Gasteiger partial charge in [0.05, 0.1) is 0 Å². The Hall–Kier alpha value is -0.180. The van der Waals surface area contributed by atoms with Crippen LogP contribution in [0.1, 0.15) is 13.8 Å². The van der Waals surface area contributed by atoms with E-state index in [-0.39, 0.29) is 17.1 Å². The normalized spacial score (nSPS) is 17.4. The minimum atomic E-state index is -0.285. The third-order valence-electron chi connectivity index (χ3n) is 1.17. The Balaban J connectivity index is 3.64. The van der Waals surface area contributed by atoms with Gasteiger partial charge in [-0.15, -0.1) is 0 Å². The summed E-state index contributed by atoms with van der Waals surface area (Å²) in [6.07, 6.45) is 0. The van der Waals surface area contributed by atoms with Crippen molar-refractivity contribution in [3.63, 3.8) is 0 Å². The second kappa shape index (κ2) is 2.97. The van der Waals surface area contributed by atoms with Gasteiger partial charge < -0.3 is 5.73 Å². The SMILES string of the molecule is CC(S)C(C)C(N)=O. The van der Waals surface area contributed by atoms with E-state index in [1.54, 1.807) is 6.92 Å². The van der Waals surface area contributed by atoms with Crippen molar-refractivity contribution in [2.45, 2.75) is 19.1 Å². The summed E-state index contributed by atoms with van der Waals surface area (Å²) in [5, 5.41) is 0.0625. The average molecular weight is 133 g/mol. The van der Waals surface area contributed by atoms with Gasteiger partial charge in [0.1, 0.15) is 0 Å². The lowest BCUT2D eigenvalue weighted by Crippen LogP contribution is -2.26. The van der Waals surface area contributed by atoms with Crippen molar-refractivity contribution in [1.29, 1.82) is 0 Å². The van der Waals surface area contributed by atoms with E-state index < -0.39 is 0 Å². The highest BCUT2D eigenvalue weighted by Gasteiger charge is 2.12. The summed E-state index contributed by atoms with van der Waals surface area (Å²) in [6.45, 7) is 3.61. The summed E-state index contributed by atoms with van der Waals surface area (Å²) in [4.78, 5) is 10.3. The molecular weight excluding hydrogens is 122 g/mol. The molecule has 0 aromatic heterocycles. The van der Waals surface area contributed by atoms with Gasteiger partial charge in [0, 0.05) is 11.2 Å². The highest BCUT2D eigenvalue weighted by molar-refractivity contribution is 7.81. The maximum absolute atomic E-state index is 10.3. The third-order valence-corrected chi connectivity index (χ3v) is 1.62. The number of thiol groups is 1. The Kier molecular flexibility index (Phi) is 2.90. The minimum absolute atomic E-state index is 0.0625. The molecule has 0 aliphatic rings. The molecule has 0 rings (SSSR count). The molecule has 2 atom stereocenters. The predicted molar refractivity (Wildman–Crippen MR) is 36.8 cm³/mol. The molecule has 0 radical (unpaired) electrons. The smallest absolute Gasteiger partial charge is 0.221 e. The van der Waals surface area contributed by atoms with E-state index in [4.69, 9.17) is 5.73 Å². The van der Waals surface area contributed by atoms with E-state index in [1.165, 1.54) is 0 Å². The monoisotopic (exact) mass is 133 g/mol. The van der Waals surface area contributed by atoms with Crippen LogP contribution in [-0.4, -0.2) is 11.2 Å². The number of nitrogens with two attached hydrogens (primary N) is 1. The van der Waals surface area contributed by atoms with Crippen LogP contribution in [0.25, 0.3) is 0 Å². The van der Waals surface area contributed by atoms with Crippen LogP contribution < -0.4 is 5.73 Å². The van der Waals surface area contributed by atoms with Crippen LogP contribution >= 0.6 is 12.6 Å². The van der Waals surface area contributed by atoms with Crippen molar-refractivity contribution in [1.82, 2.24) is 0 Å². The third kappa shape index (κ3) is 2.21. The molecule has 0 spiro atoms. The molecule has 2 nitrogen and oxygen atoms in total. The molecule has 2 unspecified atom stereocenters. The number of rotatable bonds is 2. The highest BCUT2D eigenvalue weighted by Crippen LogP contribution is 2.06. The molecule has 0 saturated carbocycles. The van der Waals surface area contributed by atoms with E-state index >= 15 is 0 Å². The highest BCUT2D eigenvalue weighted by atomic mass is 32.1. The van der Waals surface area contributed by atoms with Crippen molar-refractivity contribution in [3.8, 4) is 0 Å². The molecule has 8 heavy (non-hydrogen) atoms. The second-order valence-electron chi connectivity index (χ2n) is 1.93. The first kappa shape index (κ1) is 7.82. The van der Waals surface area contributed by atoms with Crippen LogP contribution in [0, 0.1) is 5.92 Å². The summed E-state index contributed by atoms with van der Waals surface area (Å²) in [6, 6.07) is 0. The van der Waals surface area contributed by atoms with Crippen LogP contribution in [0.4, 0.5) is 0 Å². The largest absolute Gasteiger partial charge is 0.369 e. The number of carbonyl (C=O) groups excluding carboxylic acids is 1. The van der Waals surface area contributed by atoms with E-state index in [9.17, 15) is 4.79 Å². The van der Waals surface area contributed by atoms with Gasteiger partial charge in [-0.3, -0.25) is 4.79 Å². The molecule has 48 valence electrons. The lowest BCUT2D eigenvalue weighted by atomic mass is 10.1. The van der Waals surface area contributed by atoms with Gasteiger partial charge >= 0.3 is 0 Å². The van der Waals surface area contributed by atoms with Gasteiger partial charge in [-0.25, -0.2) is 0 Å². The van der Waals surface area contributed by atoms with Crippen LogP contribution in [0.3, 0.4) is 0 Å². The van der Waals surface area contributed by atoms with Gasteiger partial charge in [0.2, 0.25) is 5.91 Å². The van der Waals surface area contributed by atoms with E-state index in [1.807, 2.05) is 6.92 Å². The van der Waals surface area contributed by atoms with Crippen molar-refractivity contribution in [2.75, 3.05) is 0 Å².